The van der Waals surface area contributed by atoms with Crippen LogP contribution in [0.4, 0.5) is 8.78 Å². The van der Waals surface area contributed by atoms with Crippen molar-refractivity contribution in [1.29, 1.82) is 0 Å². The van der Waals surface area contributed by atoms with E-state index in [4.69, 9.17) is 4.42 Å². The molecule has 4 rings (SSSR count). The molecule has 0 saturated carbocycles. The van der Waals surface area contributed by atoms with Gasteiger partial charge in [-0.3, -0.25) is 14.5 Å². The average molecular weight is 476 g/mol. The van der Waals surface area contributed by atoms with E-state index in [9.17, 15) is 18.4 Å². The smallest absolute Gasteiger partial charge is 0.256 e. The van der Waals surface area contributed by atoms with Crippen molar-refractivity contribution in [2.45, 2.75) is 45.1 Å². The lowest BCUT2D eigenvalue weighted by atomic mass is 9.76. The second kappa shape index (κ2) is 9.40. The Hall–Kier alpha value is -2.88. The number of likely N-dealkylation sites (tertiary alicyclic amines) is 2. The van der Waals surface area contributed by atoms with Crippen molar-refractivity contribution in [3.05, 3.63) is 47.2 Å². The van der Waals surface area contributed by atoms with Crippen molar-refractivity contribution < 1.29 is 22.8 Å². The summed E-state index contributed by atoms with van der Waals surface area (Å²) in [5, 5.41) is 8.44. The molecular weight excluding hydrogens is 444 g/mol. The maximum absolute atomic E-state index is 14.1. The van der Waals surface area contributed by atoms with E-state index >= 15 is 0 Å². The number of carbonyl (C=O) groups excluding carboxylic acids is 2. The molecule has 184 valence electrons. The van der Waals surface area contributed by atoms with Crippen LogP contribution in [0.5, 0.6) is 0 Å². The molecule has 2 amide bonds. The molecule has 3 heterocycles. The summed E-state index contributed by atoms with van der Waals surface area (Å²) >= 11 is 0. The molecule has 1 unspecified atom stereocenters. The van der Waals surface area contributed by atoms with Gasteiger partial charge in [-0.25, -0.2) is 8.78 Å². The van der Waals surface area contributed by atoms with Crippen LogP contribution < -0.4 is 0 Å². The van der Waals surface area contributed by atoms with Gasteiger partial charge < -0.3 is 14.2 Å². The van der Waals surface area contributed by atoms with Crippen LogP contribution in [0.3, 0.4) is 0 Å². The standard InChI is InChI=1S/C24H31F2N5O3/c1-15(2)21-27-28-22(34-21)19-12-24(14-31(19)13-20(32)29(3)4)7-9-30(10-8-24)23(33)17-11-16(25)5-6-18(17)26/h5-6,11,15,19H,7-10,12-14H2,1-4H3. The molecule has 34 heavy (non-hydrogen) atoms. The lowest BCUT2D eigenvalue weighted by Crippen LogP contribution is -2.45. The molecule has 1 aromatic carbocycles. The van der Waals surface area contributed by atoms with Gasteiger partial charge >= 0.3 is 0 Å². The normalized spacial score (nSPS) is 20.3. The van der Waals surface area contributed by atoms with Crippen molar-refractivity contribution in [3.8, 4) is 0 Å². The Balaban J connectivity index is 1.50. The predicted octanol–water partition coefficient (Wildman–Crippen LogP) is 3.23. The summed E-state index contributed by atoms with van der Waals surface area (Å²) in [5.74, 6) is -0.707. The Kier molecular flexibility index (Phi) is 6.71. The fourth-order valence-electron chi connectivity index (χ4n) is 4.86. The largest absolute Gasteiger partial charge is 0.423 e. The molecule has 2 saturated heterocycles. The number of hydrogen-bond acceptors (Lipinski definition) is 6. The number of piperidine rings is 1. The Morgan fingerprint density at radius 2 is 1.91 bits per heavy atom. The third-order valence-electron chi connectivity index (χ3n) is 6.95. The zero-order chi connectivity index (χ0) is 24.6. The molecular formula is C24H31F2N5O3. The summed E-state index contributed by atoms with van der Waals surface area (Å²) < 4.78 is 33.7. The van der Waals surface area contributed by atoms with E-state index in [0.29, 0.717) is 44.3 Å². The summed E-state index contributed by atoms with van der Waals surface area (Å²) in [6.07, 6.45) is 2.10. The van der Waals surface area contributed by atoms with E-state index in [-0.39, 0.29) is 35.4 Å². The number of hydrogen-bond donors (Lipinski definition) is 0. The Labute approximate surface area is 197 Å². The number of nitrogens with zero attached hydrogens (tertiary/aromatic N) is 5. The maximum atomic E-state index is 14.1. The third kappa shape index (κ3) is 4.82. The Bertz CT molecular complexity index is 1060. The van der Waals surface area contributed by atoms with Crippen molar-refractivity contribution in [1.82, 2.24) is 24.9 Å². The van der Waals surface area contributed by atoms with Crippen LogP contribution >= 0.6 is 0 Å². The topological polar surface area (TPSA) is 82.8 Å². The number of halogens is 2. The second-order valence-corrected chi connectivity index (χ2v) is 9.96. The van der Waals surface area contributed by atoms with Gasteiger partial charge in [-0.15, -0.1) is 10.2 Å². The summed E-state index contributed by atoms with van der Waals surface area (Å²) in [4.78, 5) is 30.6. The average Bonchev–Trinajstić information content (AvgIpc) is 3.41. The van der Waals surface area contributed by atoms with Gasteiger partial charge in [0.2, 0.25) is 17.7 Å². The molecule has 2 aliphatic rings. The lowest BCUT2D eigenvalue weighted by molar-refractivity contribution is -0.130. The Morgan fingerprint density at radius 1 is 1.21 bits per heavy atom. The number of benzene rings is 1. The first-order chi connectivity index (χ1) is 16.1. The highest BCUT2D eigenvalue weighted by Gasteiger charge is 2.49. The summed E-state index contributed by atoms with van der Waals surface area (Å²) in [6.45, 7) is 5.71. The highest BCUT2D eigenvalue weighted by Crippen LogP contribution is 2.49. The summed E-state index contributed by atoms with van der Waals surface area (Å²) in [5.41, 5.74) is -0.383. The molecule has 10 heteroatoms. The first-order valence-corrected chi connectivity index (χ1v) is 11.6. The van der Waals surface area contributed by atoms with E-state index in [1.54, 1.807) is 23.9 Å². The van der Waals surface area contributed by atoms with Gasteiger partial charge in [0.25, 0.3) is 5.91 Å². The minimum atomic E-state index is -0.724. The van der Waals surface area contributed by atoms with Gasteiger partial charge in [0.05, 0.1) is 18.2 Å². The first kappa shape index (κ1) is 24.3. The van der Waals surface area contributed by atoms with Gasteiger partial charge in [-0.05, 0) is 42.9 Å². The predicted molar refractivity (Wildman–Crippen MR) is 120 cm³/mol. The van der Waals surface area contributed by atoms with Crippen molar-refractivity contribution >= 4 is 11.8 Å². The molecule has 2 fully saturated rings. The molecule has 1 aromatic heterocycles. The zero-order valence-corrected chi connectivity index (χ0v) is 20.1. The molecule has 8 nitrogen and oxygen atoms in total. The van der Waals surface area contributed by atoms with E-state index in [1.807, 2.05) is 13.8 Å². The van der Waals surface area contributed by atoms with Gasteiger partial charge in [-0.1, -0.05) is 13.8 Å². The molecule has 1 atom stereocenters. The lowest BCUT2D eigenvalue weighted by Gasteiger charge is -2.39. The number of likely N-dealkylation sites (N-methyl/N-ethyl adjacent to an activating group) is 1. The molecule has 1 spiro atoms. The Morgan fingerprint density at radius 3 is 2.53 bits per heavy atom. The van der Waals surface area contributed by atoms with Gasteiger partial charge in [0, 0.05) is 39.6 Å². The minimum absolute atomic E-state index is 0.0140. The van der Waals surface area contributed by atoms with E-state index in [2.05, 4.69) is 15.1 Å². The fourth-order valence-corrected chi connectivity index (χ4v) is 4.86. The first-order valence-electron chi connectivity index (χ1n) is 11.6. The molecule has 2 aromatic rings. The highest BCUT2D eigenvalue weighted by atomic mass is 19.1. The van der Waals surface area contributed by atoms with E-state index < -0.39 is 17.5 Å². The molecule has 0 N–H and O–H groups in total. The van der Waals surface area contributed by atoms with Gasteiger partial charge in [0.15, 0.2) is 0 Å². The van der Waals surface area contributed by atoms with Crippen LogP contribution in [-0.2, 0) is 4.79 Å². The van der Waals surface area contributed by atoms with Gasteiger partial charge in [-0.2, -0.15) is 0 Å². The quantitative estimate of drug-likeness (QED) is 0.661. The van der Waals surface area contributed by atoms with Crippen LogP contribution in [0.15, 0.2) is 22.6 Å². The minimum Gasteiger partial charge on any atom is -0.423 e. The summed E-state index contributed by atoms with van der Waals surface area (Å²) in [7, 11) is 3.45. The van der Waals surface area contributed by atoms with E-state index in [1.165, 1.54) is 0 Å². The summed E-state index contributed by atoms with van der Waals surface area (Å²) in [6, 6.07) is 2.74. The van der Waals surface area contributed by atoms with Crippen LogP contribution in [0, 0.1) is 17.0 Å². The van der Waals surface area contributed by atoms with Crippen LogP contribution in [0.2, 0.25) is 0 Å². The number of rotatable bonds is 5. The third-order valence-corrected chi connectivity index (χ3v) is 6.95. The van der Waals surface area contributed by atoms with E-state index in [0.717, 1.165) is 24.6 Å². The van der Waals surface area contributed by atoms with Crippen LogP contribution in [-0.4, -0.2) is 77.0 Å². The van der Waals surface area contributed by atoms with Crippen molar-refractivity contribution in [2.75, 3.05) is 40.3 Å². The monoisotopic (exact) mass is 475 g/mol. The number of amides is 2. The number of aromatic nitrogens is 2. The maximum Gasteiger partial charge on any atom is 0.256 e. The molecule has 2 aliphatic heterocycles. The van der Waals surface area contributed by atoms with Crippen LogP contribution in [0.25, 0.3) is 0 Å². The SMILES string of the molecule is CC(C)c1nnc(C2CC3(CCN(C(=O)c4cc(F)ccc4F)CC3)CN2CC(=O)N(C)C)o1. The second-order valence-electron chi connectivity index (χ2n) is 9.96. The highest BCUT2D eigenvalue weighted by molar-refractivity contribution is 5.94. The van der Waals surface area contributed by atoms with Gasteiger partial charge in [0.1, 0.15) is 11.6 Å². The molecule has 0 radical (unpaired) electrons. The van der Waals surface area contributed by atoms with Crippen molar-refractivity contribution in [2.24, 2.45) is 5.41 Å². The molecule has 0 aliphatic carbocycles. The zero-order valence-electron chi connectivity index (χ0n) is 20.1. The molecule has 0 bridgehead atoms. The van der Waals surface area contributed by atoms with Crippen LogP contribution in [0.1, 0.15) is 67.2 Å². The number of carbonyl (C=O) groups is 2. The fraction of sp³-hybridized carbons (Fsp3) is 0.583. The van der Waals surface area contributed by atoms with Crippen molar-refractivity contribution in [3.63, 3.8) is 0 Å².